The molecule has 2 unspecified atom stereocenters. The van der Waals surface area contributed by atoms with Gasteiger partial charge in [0.25, 0.3) is 0 Å². The Morgan fingerprint density at radius 3 is 2.81 bits per heavy atom. The first kappa shape index (κ1) is 17.2. The van der Waals surface area contributed by atoms with Crippen LogP contribution in [0, 0.1) is 5.41 Å². The Morgan fingerprint density at radius 1 is 1.31 bits per heavy atom. The van der Waals surface area contributed by atoms with Gasteiger partial charge in [0.05, 0.1) is 23.7 Å². The lowest BCUT2D eigenvalue weighted by Crippen LogP contribution is -2.60. The molecule has 1 N–H and O–H groups in total. The number of nitrogens with one attached hydrogen (secondary N) is 1. The van der Waals surface area contributed by atoms with E-state index >= 15 is 0 Å². The molecule has 2 aliphatic heterocycles. The molecule has 0 aliphatic carbocycles. The molecule has 4 rings (SSSR count). The molecule has 0 saturated carbocycles. The predicted molar refractivity (Wildman–Crippen MR) is 100 cm³/mol. The molecule has 1 saturated heterocycles. The van der Waals surface area contributed by atoms with E-state index in [1.54, 1.807) is 12.4 Å². The summed E-state index contributed by atoms with van der Waals surface area (Å²) in [6.07, 6.45) is 4.28. The van der Waals surface area contributed by atoms with Gasteiger partial charge in [-0.25, -0.2) is 4.79 Å². The monoisotopic (exact) mass is 371 g/mol. The number of pyridine rings is 1. The van der Waals surface area contributed by atoms with Gasteiger partial charge in [0.15, 0.2) is 0 Å². The van der Waals surface area contributed by atoms with Crippen molar-refractivity contribution < 1.29 is 9.53 Å². The summed E-state index contributed by atoms with van der Waals surface area (Å²) >= 11 is 6.23. The highest BCUT2D eigenvalue weighted by molar-refractivity contribution is 6.32. The summed E-state index contributed by atoms with van der Waals surface area (Å²) in [5.74, 6) is 0.681. The van der Waals surface area contributed by atoms with E-state index in [0.29, 0.717) is 17.4 Å². The van der Waals surface area contributed by atoms with E-state index in [4.69, 9.17) is 16.3 Å². The van der Waals surface area contributed by atoms with E-state index in [0.717, 1.165) is 24.1 Å². The Kier molecular flexibility index (Phi) is 4.27. The minimum Gasteiger partial charge on any atom is -0.492 e. The number of carbonyl (C=O) groups is 1. The molecule has 1 aromatic heterocycles. The van der Waals surface area contributed by atoms with Crippen LogP contribution >= 0.6 is 11.6 Å². The normalized spacial score (nSPS) is 23.4. The number of likely N-dealkylation sites (tertiary alicyclic amines) is 1. The standard InChI is InChI=1S/C20H22ClN3O2/c1-20(2)12-24(18(20)13-6-9-22-10-7-13)19(25)23-16-8-11-26-17-14(16)4-3-5-15(17)21/h3-7,9-10,16,18H,8,11-12H2,1-2H3,(H,23,25). The molecular formula is C20H22ClN3O2. The van der Waals surface area contributed by atoms with Crippen LogP contribution in [0.5, 0.6) is 5.75 Å². The minimum atomic E-state index is -0.0910. The SMILES string of the molecule is CC1(C)CN(C(=O)NC2CCOc3c(Cl)cccc32)C1c1ccncc1. The maximum absolute atomic E-state index is 13.0. The number of rotatable bonds is 2. The van der Waals surface area contributed by atoms with Gasteiger partial charge in [0.1, 0.15) is 5.75 Å². The van der Waals surface area contributed by atoms with Crippen molar-refractivity contribution in [3.63, 3.8) is 0 Å². The van der Waals surface area contributed by atoms with Gasteiger partial charge < -0.3 is 15.0 Å². The van der Waals surface area contributed by atoms with E-state index in [1.807, 2.05) is 35.2 Å². The fraction of sp³-hybridized carbons (Fsp3) is 0.400. The summed E-state index contributed by atoms with van der Waals surface area (Å²) < 4.78 is 5.69. The number of para-hydroxylation sites is 1. The van der Waals surface area contributed by atoms with Crippen molar-refractivity contribution in [2.24, 2.45) is 5.41 Å². The Labute approximate surface area is 158 Å². The van der Waals surface area contributed by atoms with E-state index in [1.165, 1.54) is 0 Å². The number of urea groups is 1. The van der Waals surface area contributed by atoms with Crippen molar-refractivity contribution in [3.8, 4) is 5.75 Å². The van der Waals surface area contributed by atoms with Gasteiger partial charge in [-0.15, -0.1) is 0 Å². The second-order valence-electron chi connectivity index (χ2n) is 7.60. The molecule has 2 aliphatic rings. The fourth-order valence-corrected chi connectivity index (χ4v) is 4.30. The molecule has 3 heterocycles. The predicted octanol–water partition coefficient (Wildman–Crippen LogP) is 4.35. The third-order valence-electron chi connectivity index (χ3n) is 5.24. The average Bonchev–Trinajstić information content (AvgIpc) is 2.62. The first-order chi connectivity index (χ1) is 12.5. The number of ether oxygens (including phenoxy) is 1. The van der Waals surface area contributed by atoms with Crippen LogP contribution in [0.2, 0.25) is 5.02 Å². The van der Waals surface area contributed by atoms with Gasteiger partial charge in [-0.3, -0.25) is 4.98 Å². The molecule has 2 aromatic rings. The number of nitrogens with zero attached hydrogens (tertiary/aromatic N) is 2. The van der Waals surface area contributed by atoms with Crippen LogP contribution in [0.1, 0.15) is 43.5 Å². The van der Waals surface area contributed by atoms with Gasteiger partial charge in [-0.05, 0) is 23.8 Å². The molecule has 26 heavy (non-hydrogen) atoms. The maximum Gasteiger partial charge on any atom is 0.318 e. The second-order valence-corrected chi connectivity index (χ2v) is 8.00. The lowest BCUT2D eigenvalue weighted by molar-refractivity contribution is -0.0177. The topological polar surface area (TPSA) is 54.5 Å². The number of carbonyl (C=O) groups excluding carboxylic acids is 1. The van der Waals surface area contributed by atoms with Crippen molar-refractivity contribution in [1.29, 1.82) is 0 Å². The molecule has 1 fully saturated rings. The van der Waals surface area contributed by atoms with Gasteiger partial charge in [0, 0.05) is 36.3 Å². The lowest BCUT2D eigenvalue weighted by Gasteiger charge is -2.54. The highest BCUT2D eigenvalue weighted by Gasteiger charge is 2.49. The highest BCUT2D eigenvalue weighted by atomic mass is 35.5. The van der Waals surface area contributed by atoms with Crippen LogP contribution in [-0.2, 0) is 0 Å². The van der Waals surface area contributed by atoms with E-state index in [-0.39, 0.29) is 23.5 Å². The molecule has 2 atom stereocenters. The van der Waals surface area contributed by atoms with E-state index in [2.05, 4.69) is 24.1 Å². The first-order valence-electron chi connectivity index (χ1n) is 8.85. The summed E-state index contributed by atoms with van der Waals surface area (Å²) in [5, 5.41) is 3.76. The average molecular weight is 372 g/mol. The summed E-state index contributed by atoms with van der Waals surface area (Å²) in [4.78, 5) is 19.0. The van der Waals surface area contributed by atoms with Gasteiger partial charge in [0.2, 0.25) is 0 Å². The van der Waals surface area contributed by atoms with Crippen molar-refractivity contribution >= 4 is 17.6 Å². The van der Waals surface area contributed by atoms with Crippen LogP contribution in [0.25, 0.3) is 0 Å². The summed E-state index contributed by atoms with van der Waals surface area (Å²) in [7, 11) is 0. The van der Waals surface area contributed by atoms with Gasteiger partial charge in [-0.2, -0.15) is 0 Å². The molecule has 6 heteroatoms. The van der Waals surface area contributed by atoms with Crippen LogP contribution in [0.4, 0.5) is 4.79 Å². The third-order valence-corrected chi connectivity index (χ3v) is 5.53. The zero-order valence-electron chi connectivity index (χ0n) is 14.9. The van der Waals surface area contributed by atoms with E-state index < -0.39 is 0 Å². The Bertz CT molecular complexity index is 825. The molecular weight excluding hydrogens is 350 g/mol. The number of amides is 2. The first-order valence-corrected chi connectivity index (χ1v) is 9.23. The van der Waals surface area contributed by atoms with Crippen molar-refractivity contribution in [2.45, 2.75) is 32.4 Å². The Hall–Kier alpha value is -2.27. The number of hydrogen-bond acceptors (Lipinski definition) is 3. The number of hydrogen-bond donors (Lipinski definition) is 1. The number of fused-ring (bicyclic) bond motifs is 1. The Balaban J connectivity index is 1.54. The molecule has 0 radical (unpaired) electrons. The Morgan fingerprint density at radius 2 is 2.08 bits per heavy atom. The minimum absolute atomic E-state index is 0.0373. The lowest BCUT2D eigenvalue weighted by atomic mass is 9.72. The quantitative estimate of drug-likeness (QED) is 0.853. The van der Waals surface area contributed by atoms with Gasteiger partial charge in [-0.1, -0.05) is 37.6 Å². The van der Waals surface area contributed by atoms with Crippen LogP contribution in [0.3, 0.4) is 0 Å². The number of aromatic nitrogens is 1. The number of halogens is 1. The van der Waals surface area contributed by atoms with Crippen LogP contribution in [0.15, 0.2) is 42.7 Å². The third kappa shape index (κ3) is 2.90. The molecule has 2 amide bonds. The molecule has 1 aromatic carbocycles. The molecule has 5 nitrogen and oxygen atoms in total. The van der Waals surface area contributed by atoms with Crippen molar-refractivity contribution in [2.75, 3.05) is 13.2 Å². The van der Waals surface area contributed by atoms with Crippen LogP contribution < -0.4 is 10.1 Å². The fourth-order valence-electron chi connectivity index (χ4n) is 4.06. The zero-order chi connectivity index (χ0) is 18.3. The largest absolute Gasteiger partial charge is 0.492 e. The summed E-state index contributed by atoms with van der Waals surface area (Å²) in [5.41, 5.74) is 2.09. The second kappa shape index (κ2) is 6.47. The smallest absolute Gasteiger partial charge is 0.318 e. The highest BCUT2D eigenvalue weighted by Crippen LogP contribution is 2.48. The van der Waals surface area contributed by atoms with Crippen molar-refractivity contribution in [1.82, 2.24) is 15.2 Å². The van der Waals surface area contributed by atoms with Crippen molar-refractivity contribution in [3.05, 3.63) is 58.9 Å². The molecule has 0 bridgehead atoms. The van der Waals surface area contributed by atoms with E-state index in [9.17, 15) is 4.79 Å². The molecule has 136 valence electrons. The summed E-state index contributed by atoms with van der Waals surface area (Å²) in [6.45, 7) is 5.63. The maximum atomic E-state index is 13.0. The number of benzene rings is 1. The zero-order valence-corrected chi connectivity index (χ0v) is 15.7. The molecule has 0 spiro atoms. The van der Waals surface area contributed by atoms with Crippen LogP contribution in [-0.4, -0.2) is 29.1 Å². The van der Waals surface area contributed by atoms with Gasteiger partial charge >= 0.3 is 6.03 Å². The summed E-state index contributed by atoms with van der Waals surface area (Å²) in [6, 6.07) is 9.53.